The number of piperidine rings is 1. The summed E-state index contributed by atoms with van der Waals surface area (Å²) in [4.78, 5) is 30.5. The summed E-state index contributed by atoms with van der Waals surface area (Å²) in [6.07, 6.45) is 10.3. The van der Waals surface area contributed by atoms with Gasteiger partial charge in [0.05, 0.1) is 0 Å². The summed E-state index contributed by atoms with van der Waals surface area (Å²) in [6, 6.07) is 10.7. The Hall–Kier alpha value is -2.95. The third-order valence-corrected chi connectivity index (χ3v) is 4.23. The van der Waals surface area contributed by atoms with Crippen molar-refractivity contribution < 1.29 is 9.59 Å². The number of pyridine rings is 1. The van der Waals surface area contributed by atoms with E-state index in [1.807, 2.05) is 36.4 Å². The number of carbonyl (C=O) groups is 2. The molecule has 1 N–H and O–H groups in total. The van der Waals surface area contributed by atoms with Crippen LogP contribution in [0, 0.1) is 0 Å². The zero-order valence-corrected chi connectivity index (χ0v) is 14.0. The van der Waals surface area contributed by atoms with Gasteiger partial charge in [-0.15, -0.1) is 0 Å². The number of imide groups is 1. The van der Waals surface area contributed by atoms with Crippen LogP contribution >= 0.6 is 0 Å². The summed E-state index contributed by atoms with van der Waals surface area (Å²) in [7, 11) is 0. The molecule has 1 aromatic heterocycles. The lowest BCUT2D eigenvalue weighted by atomic mass is 10.1. The summed E-state index contributed by atoms with van der Waals surface area (Å²) in [5, 5.41) is 2.51. The number of carbonyl (C=O) groups excluding carboxylic acids is 2. The van der Waals surface area contributed by atoms with E-state index in [-0.39, 0.29) is 11.9 Å². The minimum absolute atomic E-state index is 0.308. The number of aromatic nitrogens is 1. The van der Waals surface area contributed by atoms with Crippen LogP contribution in [0.15, 0.2) is 48.8 Å². The highest BCUT2D eigenvalue weighted by Gasteiger charge is 2.19. The van der Waals surface area contributed by atoms with Crippen molar-refractivity contribution >= 4 is 24.1 Å². The molecule has 2 aromatic rings. The van der Waals surface area contributed by atoms with Gasteiger partial charge in [-0.25, -0.2) is 4.79 Å². The Balaban J connectivity index is 1.72. The molecule has 25 heavy (non-hydrogen) atoms. The standard InChI is InChI=1S/C20H21N3O2/c24-19(22-20(25)23-14-4-1-5-15-23)18-7-3-2-6-17(18)9-8-16-10-12-21-13-11-16/h2-3,6-13H,1,4-5,14-15H2,(H,22,24,25)/b9-8+. The average Bonchev–Trinajstić information content (AvgIpc) is 2.68. The van der Waals surface area contributed by atoms with E-state index in [0.29, 0.717) is 18.7 Å². The molecule has 128 valence electrons. The number of nitrogens with zero attached hydrogens (tertiary/aromatic N) is 2. The Bertz CT molecular complexity index is 766. The number of likely N-dealkylation sites (tertiary alicyclic amines) is 1. The summed E-state index contributed by atoms with van der Waals surface area (Å²) < 4.78 is 0. The van der Waals surface area contributed by atoms with E-state index < -0.39 is 0 Å². The Labute approximate surface area is 147 Å². The largest absolute Gasteiger partial charge is 0.324 e. The normalized spacial score (nSPS) is 14.5. The maximum absolute atomic E-state index is 12.5. The van der Waals surface area contributed by atoms with E-state index in [9.17, 15) is 9.59 Å². The lowest BCUT2D eigenvalue weighted by Gasteiger charge is -2.26. The topological polar surface area (TPSA) is 62.3 Å². The second-order valence-corrected chi connectivity index (χ2v) is 6.01. The molecule has 1 aliphatic rings. The van der Waals surface area contributed by atoms with Crippen LogP contribution in [-0.2, 0) is 0 Å². The van der Waals surface area contributed by atoms with Crippen molar-refractivity contribution in [2.75, 3.05) is 13.1 Å². The first kappa shape index (κ1) is 16.9. The van der Waals surface area contributed by atoms with Gasteiger partial charge in [0.1, 0.15) is 0 Å². The number of urea groups is 1. The van der Waals surface area contributed by atoms with Crippen LogP contribution < -0.4 is 5.32 Å². The van der Waals surface area contributed by atoms with Gasteiger partial charge in [0, 0.05) is 31.0 Å². The molecule has 5 nitrogen and oxygen atoms in total. The Morgan fingerprint density at radius 3 is 2.44 bits per heavy atom. The van der Waals surface area contributed by atoms with Gasteiger partial charge in [-0.2, -0.15) is 0 Å². The molecule has 1 fully saturated rings. The van der Waals surface area contributed by atoms with Gasteiger partial charge < -0.3 is 4.90 Å². The quantitative estimate of drug-likeness (QED) is 0.932. The Morgan fingerprint density at radius 1 is 0.960 bits per heavy atom. The molecule has 1 saturated heterocycles. The maximum Gasteiger partial charge on any atom is 0.324 e. The molecule has 1 aliphatic heterocycles. The second kappa shape index (κ2) is 8.24. The van der Waals surface area contributed by atoms with Crippen molar-refractivity contribution in [2.24, 2.45) is 0 Å². The van der Waals surface area contributed by atoms with E-state index in [1.54, 1.807) is 29.4 Å². The highest BCUT2D eigenvalue weighted by Crippen LogP contribution is 2.14. The van der Waals surface area contributed by atoms with E-state index >= 15 is 0 Å². The van der Waals surface area contributed by atoms with Crippen molar-refractivity contribution in [3.05, 3.63) is 65.5 Å². The SMILES string of the molecule is O=C(NC(=O)N1CCCCC1)c1ccccc1/C=C/c1ccncc1. The van der Waals surface area contributed by atoms with Crippen molar-refractivity contribution in [1.29, 1.82) is 0 Å². The van der Waals surface area contributed by atoms with Gasteiger partial charge in [-0.05, 0) is 48.6 Å². The van der Waals surface area contributed by atoms with Gasteiger partial charge >= 0.3 is 6.03 Å². The maximum atomic E-state index is 12.5. The molecule has 3 amide bonds. The molecule has 1 aromatic carbocycles. The average molecular weight is 335 g/mol. The molecule has 5 heteroatoms. The third-order valence-electron chi connectivity index (χ3n) is 4.23. The molecule has 0 unspecified atom stereocenters. The highest BCUT2D eigenvalue weighted by atomic mass is 16.2. The Kier molecular flexibility index (Phi) is 5.57. The summed E-state index contributed by atoms with van der Waals surface area (Å²) in [5.74, 6) is -0.370. The molecule has 0 spiro atoms. The van der Waals surface area contributed by atoms with Crippen molar-refractivity contribution in [3.63, 3.8) is 0 Å². The number of rotatable bonds is 3. The third kappa shape index (κ3) is 4.53. The van der Waals surface area contributed by atoms with E-state index in [0.717, 1.165) is 30.4 Å². The Morgan fingerprint density at radius 2 is 1.68 bits per heavy atom. The first-order valence-electron chi connectivity index (χ1n) is 8.51. The molecular formula is C20H21N3O2. The number of amides is 3. The summed E-state index contributed by atoms with van der Waals surface area (Å²) in [6.45, 7) is 1.42. The predicted molar refractivity (Wildman–Crippen MR) is 97.9 cm³/mol. The zero-order chi connectivity index (χ0) is 17.5. The zero-order valence-electron chi connectivity index (χ0n) is 14.0. The smallest absolute Gasteiger partial charge is 0.324 e. The van der Waals surface area contributed by atoms with Gasteiger partial charge in [0.15, 0.2) is 0 Å². The molecule has 0 radical (unpaired) electrons. The second-order valence-electron chi connectivity index (χ2n) is 6.01. The van der Waals surface area contributed by atoms with Crippen LogP contribution in [0.5, 0.6) is 0 Å². The van der Waals surface area contributed by atoms with Crippen LogP contribution in [0.25, 0.3) is 12.2 Å². The monoisotopic (exact) mass is 335 g/mol. The van der Waals surface area contributed by atoms with E-state index in [4.69, 9.17) is 0 Å². The first-order chi connectivity index (χ1) is 12.2. The lowest BCUT2D eigenvalue weighted by molar-refractivity contribution is 0.0948. The molecule has 3 rings (SSSR count). The van der Waals surface area contributed by atoms with Gasteiger partial charge in [0.2, 0.25) is 0 Å². The molecular weight excluding hydrogens is 314 g/mol. The van der Waals surface area contributed by atoms with Gasteiger partial charge in [-0.1, -0.05) is 30.4 Å². The fraction of sp³-hybridized carbons (Fsp3) is 0.250. The van der Waals surface area contributed by atoms with Crippen LogP contribution in [-0.4, -0.2) is 34.9 Å². The van der Waals surface area contributed by atoms with Gasteiger partial charge in [0.25, 0.3) is 5.91 Å². The number of nitrogens with one attached hydrogen (secondary N) is 1. The minimum atomic E-state index is -0.370. The summed E-state index contributed by atoms with van der Waals surface area (Å²) in [5.41, 5.74) is 2.25. The van der Waals surface area contributed by atoms with E-state index in [1.165, 1.54) is 0 Å². The molecule has 0 atom stereocenters. The van der Waals surface area contributed by atoms with Gasteiger partial charge in [-0.3, -0.25) is 15.1 Å². The fourth-order valence-electron chi connectivity index (χ4n) is 2.85. The van der Waals surface area contributed by atoms with E-state index in [2.05, 4.69) is 10.3 Å². The van der Waals surface area contributed by atoms with Crippen molar-refractivity contribution in [2.45, 2.75) is 19.3 Å². The lowest BCUT2D eigenvalue weighted by Crippen LogP contribution is -2.45. The highest BCUT2D eigenvalue weighted by molar-refractivity contribution is 6.06. The fourth-order valence-corrected chi connectivity index (χ4v) is 2.85. The predicted octanol–water partition coefficient (Wildman–Crippen LogP) is 3.59. The van der Waals surface area contributed by atoms with Crippen molar-refractivity contribution in [3.8, 4) is 0 Å². The van der Waals surface area contributed by atoms with Crippen LogP contribution in [0.1, 0.15) is 40.7 Å². The molecule has 0 bridgehead atoms. The number of hydrogen-bond acceptors (Lipinski definition) is 3. The molecule has 2 heterocycles. The minimum Gasteiger partial charge on any atom is -0.324 e. The number of benzene rings is 1. The molecule has 0 saturated carbocycles. The first-order valence-corrected chi connectivity index (χ1v) is 8.51. The molecule has 0 aliphatic carbocycles. The van der Waals surface area contributed by atoms with Crippen LogP contribution in [0.3, 0.4) is 0 Å². The van der Waals surface area contributed by atoms with Crippen LogP contribution in [0.2, 0.25) is 0 Å². The number of hydrogen-bond donors (Lipinski definition) is 1. The van der Waals surface area contributed by atoms with Crippen LogP contribution in [0.4, 0.5) is 4.79 Å². The summed E-state index contributed by atoms with van der Waals surface area (Å²) >= 11 is 0. The van der Waals surface area contributed by atoms with Crippen molar-refractivity contribution in [1.82, 2.24) is 15.2 Å².